The molecule has 0 rings (SSSR count). The van der Waals surface area contributed by atoms with Crippen LogP contribution in [0.4, 0.5) is 0 Å². The van der Waals surface area contributed by atoms with Crippen molar-refractivity contribution in [1.29, 1.82) is 0 Å². The molecule has 35 valence electrons. The molecule has 1 nitrogen and oxygen atoms in total. The summed E-state index contributed by atoms with van der Waals surface area (Å²) in [5, 5.41) is 0. The lowest BCUT2D eigenvalue weighted by molar-refractivity contribution is 0.538. The van der Waals surface area contributed by atoms with Crippen molar-refractivity contribution in [3.8, 4) is 0 Å². The fraction of sp³-hybridized carbons (Fsp3) is 0.750. The van der Waals surface area contributed by atoms with E-state index in [2.05, 4.69) is 12.6 Å². The monoisotopic (exact) mass is 103 g/mol. The second-order valence-corrected chi connectivity index (χ2v) is 1.57. The van der Waals surface area contributed by atoms with Crippen molar-refractivity contribution in [2.45, 2.75) is 6.92 Å². The van der Waals surface area contributed by atoms with Crippen LogP contribution in [0, 0.1) is 5.92 Å². The summed E-state index contributed by atoms with van der Waals surface area (Å²) in [6, 6.07) is 0. The summed E-state index contributed by atoms with van der Waals surface area (Å²) in [6.45, 7) is 1.78. The molecular weight excluding hydrogens is 96.1 g/mol. The molecule has 0 unspecified atom stereocenters. The molecular formula is C4H7OS. The van der Waals surface area contributed by atoms with Crippen molar-refractivity contribution in [1.82, 2.24) is 0 Å². The smallest absolute Gasteiger partial charge is 0.202 e. The molecule has 1 radical (unpaired) electrons. The molecule has 0 amide bonds. The minimum atomic E-state index is -0.00617. The molecule has 0 bridgehead atoms. The molecule has 0 saturated carbocycles. The maximum atomic E-state index is 9.56. The zero-order chi connectivity index (χ0) is 4.99. The van der Waals surface area contributed by atoms with E-state index < -0.39 is 0 Å². The van der Waals surface area contributed by atoms with Gasteiger partial charge in [-0.15, -0.1) is 0 Å². The first-order valence-corrected chi connectivity index (χ1v) is 2.43. The first-order chi connectivity index (χ1) is 2.81. The summed E-state index contributed by atoms with van der Waals surface area (Å²) in [6.07, 6.45) is 1.79. The number of hydrogen-bond acceptors (Lipinski definition) is 2. The highest BCUT2D eigenvalue weighted by atomic mass is 32.1. The Hall–Kier alpha value is 0.0200. The van der Waals surface area contributed by atoms with Gasteiger partial charge < -0.3 is 0 Å². The fourth-order valence-corrected chi connectivity index (χ4v) is 0.112. The second-order valence-electron chi connectivity index (χ2n) is 1.20. The van der Waals surface area contributed by atoms with Crippen molar-refractivity contribution >= 4 is 18.9 Å². The summed E-state index contributed by atoms with van der Waals surface area (Å²) in [7, 11) is 0. The molecule has 0 aliphatic rings. The van der Waals surface area contributed by atoms with Crippen LogP contribution in [0.1, 0.15) is 6.92 Å². The predicted molar refractivity (Wildman–Crippen MR) is 28.7 cm³/mol. The molecule has 0 spiro atoms. The van der Waals surface area contributed by atoms with Crippen LogP contribution in [0.2, 0.25) is 0 Å². The van der Waals surface area contributed by atoms with Crippen molar-refractivity contribution in [2.24, 2.45) is 5.92 Å². The zero-order valence-electron chi connectivity index (χ0n) is 3.64. The Morgan fingerprint density at radius 1 is 2.00 bits per heavy atom. The van der Waals surface area contributed by atoms with E-state index in [4.69, 9.17) is 0 Å². The Morgan fingerprint density at radius 3 is 2.50 bits per heavy atom. The highest BCUT2D eigenvalue weighted by Gasteiger charge is 1.91. The van der Waals surface area contributed by atoms with Crippen LogP contribution in [0.25, 0.3) is 0 Å². The summed E-state index contributed by atoms with van der Waals surface area (Å²) >= 11 is 3.83. The molecule has 0 aromatic rings. The highest BCUT2D eigenvalue weighted by molar-refractivity contribution is 7.80. The molecule has 0 saturated heterocycles. The lowest BCUT2D eigenvalue weighted by Crippen LogP contribution is -1.94. The molecule has 0 aliphatic heterocycles. The lowest BCUT2D eigenvalue weighted by atomic mass is 10.3. The Labute approximate surface area is 43.2 Å². The Kier molecular flexibility index (Phi) is 3.23. The molecule has 0 N–H and O–H groups in total. The van der Waals surface area contributed by atoms with Gasteiger partial charge in [0.15, 0.2) is 0 Å². The molecule has 0 aromatic heterocycles. The van der Waals surface area contributed by atoms with Crippen LogP contribution >= 0.6 is 12.6 Å². The van der Waals surface area contributed by atoms with E-state index in [0.717, 1.165) is 0 Å². The number of hydrogen-bond donors (Lipinski definition) is 1. The number of rotatable bonds is 2. The van der Waals surface area contributed by atoms with Crippen LogP contribution in [0.3, 0.4) is 0 Å². The van der Waals surface area contributed by atoms with Gasteiger partial charge in [-0.25, -0.2) is 0 Å². The number of thiol groups is 1. The van der Waals surface area contributed by atoms with Crippen LogP contribution in [-0.2, 0) is 4.79 Å². The Bertz CT molecular complexity index is 44.8. The number of carbonyl (C=O) groups excluding carboxylic acids is 1. The van der Waals surface area contributed by atoms with Crippen molar-refractivity contribution in [3.05, 3.63) is 0 Å². The van der Waals surface area contributed by atoms with Crippen molar-refractivity contribution in [2.75, 3.05) is 5.75 Å². The van der Waals surface area contributed by atoms with Gasteiger partial charge in [0.25, 0.3) is 0 Å². The summed E-state index contributed by atoms with van der Waals surface area (Å²) < 4.78 is 0. The lowest BCUT2D eigenvalue weighted by Gasteiger charge is -1.87. The molecule has 0 aliphatic carbocycles. The minimum absolute atomic E-state index is 0.00617. The standard InChI is InChI=1S/C4H7OS/c1-4(2-5)3-6/h4,6H,3H2,1H3/t4-/m0/s1. The van der Waals surface area contributed by atoms with Gasteiger partial charge in [-0.2, -0.15) is 12.6 Å². The minimum Gasteiger partial charge on any atom is -0.291 e. The first kappa shape index (κ1) is 6.02. The van der Waals surface area contributed by atoms with Crippen LogP contribution in [-0.4, -0.2) is 12.0 Å². The third-order valence-corrected chi connectivity index (χ3v) is 1.02. The van der Waals surface area contributed by atoms with Crippen molar-refractivity contribution in [3.63, 3.8) is 0 Å². The van der Waals surface area contributed by atoms with Gasteiger partial charge in [0, 0.05) is 11.7 Å². The highest BCUT2D eigenvalue weighted by Crippen LogP contribution is 1.88. The maximum Gasteiger partial charge on any atom is 0.202 e. The predicted octanol–water partition coefficient (Wildman–Crippen LogP) is 0.662. The van der Waals surface area contributed by atoms with Gasteiger partial charge in [-0.3, -0.25) is 4.79 Å². The third kappa shape index (κ3) is 2.27. The Balaban J connectivity index is 2.96. The SMILES string of the molecule is C[C@@H]([C]=O)CS. The molecule has 2 heteroatoms. The van der Waals surface area contributed by atoms with E-state index in [0.29, 0.717) is 5.75 Å². The quantitative estimate of drug-likeness (QED) is 0.508. The van der Waals surface area contributed by atoms with Gasteiger partial charge in [-0.1, -0.05) is 6.92 Å². The second kappa shape index (κ2) is 3.22. The van der Waals surface area contributed by atoms with E-state index >= 15 is 0 Å². The van der Waals surface area contributed by atoms with Crippen LogP contribution in [0.5, 0.6) is 0 Å². The van der Waals surface area contributed by atoms with Gasteiger partial charge >= 0.3 is 0 Å². The molecule has 0 fully saturated rings. The topological polar surface area (TPSA) is 17.1 Å². The Morgan fingerprint density at radius 2 is 2.50 bits per heavy atom. The zero-order valence-corrected chi connectivity index (χ0v) is 4.53. The summed E-state index contributed by atoms with van der Waals surface area (Å²) in [5.74, 6) is 0.595. The van der Waals surface area contributed by atoms with E-state index in [1.54, 1.807) is 13.2 Å². The van der Waals surface area contributed by atoms with Crippen LogP contribution < -0.4 is 0 Å². The molecule has 1 atom stereocenters. The molecule has 0 aromatic carbocycles. The normalized spacial score (nSPS) is 13.7. The van der Waals surface area contributed by atoms with E-state index in [1.165, 1.54) is 0 Å². The van der Waals surface area contributed by atoms with Gasteiger partial charge in [0.2, 0.25) is 6.29 Å². The summed E-state index contributed by atoms with van der Waals surface area (Å²) in [4.78, 5) is 9.56. The maximum absolute atomic E-state index is 9.56. The first-order valence-electron chi connectivity index (χ1n) is 1.79. The third-order valence-electron chi connectivity index (χ3n) is 0.475. The van der Waals surface area contributed by atoms with Crippen molar-refractivity contribution < 1.29 is 4.79 Å². The van der Waals surface area contributed by atoms with E-state index in [-0.39, 0.29) is 5.92 Å². The van der Waals surface area contributed by atoms with Gasteiger partial charge in [0.05, 0.1) is 0 Å². The van der Waals surface area contributed by atoms with Gasteiger partial charge in [0.1, 0.15) is 0 Å². The average molecular weight is 103 g/mol. The van der Waals surface area contributed by atoms with Crippen LogP contribution in [0.15, 0.2) is 0 Å². The molecule has 0 heterocycles. The summed E-state index contributed by atoms with van der Waals surface area (Å²) in [5.41, 5.74) is 0. The average Bonchev–Trinajstić information content (AvgIpc) is 1.65. The van der Waals surface area contributed by atoms with E-state index in [1.807, 2.05) is 0 Å². The molecule has 6 heavy (non-hydrogen) atoms. The van der Waals surface area contributed by atoms with Gasteiger partial charge in [-0.05, 0) is 0 Å². The largest absolute Gasteiger partial charge is 0.291 e. The fourth-order valence-electron chi connectivity index (χ4n) is 0.0373. The van der Waals surface area contributed by atoms with E-state index in [9.17, 15) is 4.79 Å².